The second-order valence-electron chi connectivity index (χ2n) is 18.2. The molecule has 4 aromatic rings. The molecule has 0 saturated carbocycles. The Hall–Kier alpha value is -2.83. The summed E-state index contributed by atoms with van der Waals surface area (Å²) in [5.41, 5.74) is 19.4. The van der Waals surface area contributed by atoms with Gasteiger partial charge in [0, 0.05) is 0 Å². The van der Waals surface area contributed by atoms with Gasteiger partial charge >= 0.3 is 324 Å². The number of hydrogen-bond acceptors (Lipinski definition) is 0. The average molecular weight is 831 g/mol. The maximum atomic E-state index is 2.74. The number of hydrogen-bond donors (Lipinski definition) is 0. The molecule has 0 N–H and O–H groups in total. The maximum Gasteiger partial charge on any atom is -1.00 e. The SMILES string of the molecule is CCCCC1C=C(C(C)(C)C)C=[C]1[Zr+2](=[C](c1ccccc1)c1ccccc1)[CH]1c2cc3c(cc2-c2cc4c(cc21)C(C)(C)C=C4C)C(C)=CC3(C)C.[Cl-].[Cl-]. The van der Waals surface area contributed by atoms with E-state index in [1.54, 1.807) is 17.6 Å². The molecule has 0 aliphatic heterocycles. The number of halogens is 2. The van der Waals surface area contributed by atoms with Crippen LogP contribution in [0.5, 0.6) is 0 Å². The van der Waals surface area contributed by atoms with Gasteiger partial charge in [-0.2, -0.15) is 0 Å². The van der Waals surface area contributed by atoms with Gasteiger partial charge < -0.3 is 24.8 Å². The molecule has 0 fully saturated rings. The smallest absolute Gasteiger partial charge is 1.00 e. The minimum absolute atomic E-state index is 0. The third kappa shape index (κ3) is 6.84. The molecule has 4 aliphatic rings. The maximum absolute atomic E-state index is 3.00. The van der Waals surface area contributed by atoms with E-state index in [1.165, 1.54) is 80.5 Å². The molecule has 1 unspecified atom stereocenters. The van der Waals surface area contributed by atoms with E-state index in [9.17, 15) is 0 Å². The van der Waals surface area contributed by atoms with E-state index < -0.39 is 21.3 Å². The molecule has 0 heterocycles. The van der Waals surface area contributed by atoms with Crippen molar-refractivity contribution in [2.45, 2.75) is 103 Å². The van der Waals surface area contributed by atoms with Gasteiger partial charge in [-0.1, -0.05) is 0 Å². The molecule has 8 rings (SSSR count). The summed E-state index contributed by atoms with van der Waals surface area (Å²) < 4.78 is 3.80. The first kappa shape index (κ1) is 40.8. The summed E-state index contributed by atoms with van der Waals surface area (Å²) in [5, 5.41) is 0. The molecular formula is C51H56Cl2Zr. The molecule has 0 aromatic heterocycles. The molecule has 278 valence electrons. The van der Waals surface area contributed by atoms with Crippen LogP contribution in [0.3, 0.4) is 0 Å². The first-order valence-corrected chi connectivity index (χ1v) is 23.6. The van der Waals surface area contributed by atoms with E-state index in [1.807, 2.05) is 0 Å². The van der Waals surface area contributed by atoms with Crippen LogP contribution < -0.4 is 24.8 Å². The van der Waals surface area contributed by atoms with Crippen LogP contribution in [0.1, 0.15) is 137 Å². The fourth-order valence-electron chi connectivity index (χ4n) is 9.95. The zero-order valence-electron chi connectivity index (χ0n) is 33.9. The Morgan fingerprint density at radius 2 is 1.13 bits per heavy atom. The minimum atomic E-state index is -3.00. The van der Waals surface area contributed by atoms with E-state index in [0.717, 1.165) is 0 Å². The van der Waals surface area contributed by atoms with Crippen LogP contribution in [0.2, 0.25) is 0 Å². The molecule has 0 bridgehead atoms. The Balaban J connectivity index is 0.00000249. The van der Waals surface area contributed by atoms with Crippen LogP contribution in [0.25, 0.3) is 22.3 Å². The van der Waals surface area contributed by atoms with E-state index >= 15 is 0 Å². The van der Waals surface area contributed by atoms with Gasteiger partial charge in [0.15, 0.2) is 0 Å². The Kier molecular flexibility index (Phi) is 11.3. The molecule has 0 nitrogen and oxygen atoms in total. The topological polar surface area (TPSA) is 0 Å². The zero-order valence-corrected chi connectivity index (χ0v) is 37.9. The normalized spacial score (nSPS) is 18.4. The summed E-state index contributed by atoms with van der Waals surface area (Å²) in [4.78, 5) is 0. The predicted octanol–water partition coefficient (Wildman–Crippen LogP) is 7.72. The van der Waals surface area contributed by atoms with Crippen molar-refractivity contribution in [3.8, 4) is 11.1 Å². The molecule has 54 heavy (non-hydrogen) atoms. The van der Waals surface area contributed by atoms with Gasteiger partial charge in [0.1, 0.15) is 0 Å². The summed E-state index contributed by atoms with van der Waals surface area (Å²) in [7, 11) is 0. The van der Waals surface area contributed by atoms with E-state index in [4.69, 9.17) is 0 Å². The molecule has 4 aromatic carbocycles. The summed E-state index contributed by atoms with van der Waals surface area (Å²) in [6.07, 6.45) is 14.2. The summed E-state index contributed by atoms with van der Waals surface area (Å²) in [5.74, 6) is 0.489. The number of rotatable bonds is 7. The summed E-state index contributed by atoms with van der Waals surface area (Å²) in [6, 6.07) is 33.7. The Morgan fingerprint density at radius 3 is 1.56 bits per heavy atom. The first-order valence-electron chi connectivity index (χ1n) is 19.8. The van der Waals surface area contributed by atoms with E-state index in [2.05, 4.69) is 178 Å². The second-order valence-corrected chi connectivity index (χ2v) is 24.3. The van der Waals surface area contributed by atoms with Crippen LogP contribution in [0.4, 0.5) is 0 Å². The largest absolute Gasteiger partial charge is 1.00 e. The average Bonchev–Trinajstić information content (AvgIpc) is 3.80. The molecule has 1 atom stereocenters. The van der Waals surface area contributed by atoms with Crippen molar-refractivity contribution in [1.82, 2.24) is 0 Å². The van der Waals surface area contributed by atoms with Gasteiger partial charge in [0.2, 0.25) is 0 Å². The van der Waals surface area contributed by atoms with Gasteiger partial charge in [0.25, 0.3) is 0 Å². The standard InChI is InChI=1S/C25H25.C13H10.C13H21.2ClH.Zr/c1-14-12-24(3,4)22-8-16-7-17-9-23-19(15(2)13-25(23,5)6)11-21(17)20(16)10-18(14)22;1-3-7-12(8-4-1)11-13-9-5-2-6-10-13;1-5-6-7-11-8-9-12(10-11)13(2,3)4;;;/h7-13H,1-6H3;1-10H;9-11H,5-7H2,1-4H3;2*1H;/q;;;;;+2/p-2. The van der Waals surface area contributed by atoms with Crippen molar-refractivity contribution >= 4 is 14.4 Å². The number of unbranched alkanes of at least 4 members (excludes halogenated alkanes) is 1. The molecule has 3 heteroatoms. The minimum Gasteiger partial charge on any atom is -1.00 e. The molecule has 4 aliphatic carbocycles. The van der Waals surface area contributed by atoms with E-state index in [0.29, 0.717) is 9.54 Å². The van der Waals surface area contributed by atoms with Crippen molar-refractivity contribution in [2.24, 2.45) is 11.3 Å². The number of fused-ring (bicyclic) bond motifs is 5. The summed E-state index contributed by atoms with van der Waals surface area (Å²) in [6.45, 7) is 23.9. The van der Waals surface area contributed by atoms with Crippen molar-refractivity contribution in [3.05, 3.63) is 163 Å². The third-order valence-corrected chi connectivity index (χ3v) is 21.0. The molecule has 0 amide bonds. The van der Waals surface area contributed by atoms with Crippen LogP contribution in [0, 0.1) is 11.3 Å². The van der Waals surface area contributed by atoms with Crippen molar-refractivity contribution < 1.29 is 46.1 Å². The fraction of sp³-hybridized carbons (Fsp3) is 0.353. The predicted molar refractivity (Wildman–Crippen MR) is 222 cm³/mol. The molecule has 0 saturated heterocycles. The fourth-order valence-corrected chi connectivity index (χ4v) is 19.5. The van der Waals surface area contributed by atoms with Crippen molar-refractivity contribution in [3.63, 3.8) is 0 Å². The van der Waals surface area contributed by atoms with Crippen LogP contribution in [-0.4, -0.2) is 3.21 Å². The van der Waals surface area contributed by atoms with Gasteiger partial charge in [-0.25, -0.2) is 0 Å². The van der Waals surface area contributed by atoms with Crippen LogP contribution in [0.15, 0.2) is 118 Å². The number of allylic oxidation sites excluding steroid dienone is 8. The molecule has 0 radical (unpaired) electrons. The third-order valence-electron chi connectivity index (χ3n) is 12.5. The van der Waals surface area contributed by atoms with Crippen LogP contribution in [-0.2, 0) is 32.1 Å². The van der Waals surface area contributed by atoms with Gasteiger partial charge in [0.05, 0.1) is 0 Å². The molecular weight excluding hydrogens is 775 g/mol. The Labute approximate surface area is 345 Å². The van der Waals surface area contributed by atoms with Gasteiger partial charge in [-0.3, -0.25) is 0 Å². The molecule has 0 spiro atoms. The zero-order chi connectivity index (χ0) is 36.7. The first-order chi connectivity index (χ1) is 24.7. The summed E-state index contributed by atoms with van der Waals surface area (Å²) >= 11 is -3.00. The van der Waals surface area contributed by atoms with Gasteiger partial charge in [-0.15, -0.1) is 0 Å². The Morgan fingerprint density at radius 1 is 0.667 bits per heavy atom. The quantitative estimate of drug-likeness (QED) is 0.179. The Bertz CT molecular complexity index is 2140. The monoisotopic (exact) mass is 828 g/mol. The van der Waals surface area contributed by atoms with Crippen molar-refractivity contribution in [2.75, 3.05) is 0 Å². The second kappa shape index (κ2) is 14.9. The van der Waals surface area contributed by atoms with E-state index in [-0.39, 0.29) is 41.1 Å². The van der Waals surface area contributed by atoms with Gasteiger partial charge in [-0.05, 0) is 0 Å². The van der Waals surface area contributed by atoms with Crippen LogP contribution >= 0.6 is 0 Å². The number of benzene rings is 4. The van der Waals surface area contributed by atoms with Crippen molar-refractivity contribution in [1.29, 1.82) is 0 Å².